The first-order chi connectivity index (χ1) is 16.7. The van der Waals surface area contributed by atoms with E-state index in [9.17, 15) is 0 Å². The van der Waals surface area contributed by atoms with Gasteiger partial charge in [0.2, 0.25) is 0 Å². The number of rotatable bonds is 14. The smallest absolute Gasteiger partial charge is 0.0702 e. The van der Waals surface area contributed by atoms with Crippen LogP contribution in [0.2, 0.25) is 0 Å². The molecule has 3 rings (SSSR count). The number of benzene rings is 2. The van der Waals surface area contributed by atoms with Crippen molar-refractivity contribution in [1.82, 2.24) is 4.98 Å². The van der Waals surface area contributed by atoms with Gasteiger partial charge in [0, 0.05) is 23.9 Å². The molecule has 1 heterocycles. The summed E-state index contributed by atoms with van der Waals surface area (Å²) in [5, 5.41) is 0. The van der Waals surface area contributed by atoms with E-state index in [1.165, 1.54) is 36.0 Å². The Morgan fingerprint density at radius 1 is 0.882 bits per heavy atom. The van der Waals surface area contributed by atoms with Crippen molar-refractivity contribution in [2.45, 2.75) is 64.9 Å². The van der Waals surface area contributed by atoms with Gasteiger partial charge in [-0.15, -0.1) is 6.58 Å². The topological polar surface area (TPSA) is 22.1 Å². The van der Waals surface area contributed by atoms with E-state index in [1.807, 2.05) is 12.3 Å². The SMILES string of the molecule is C=CCc1ccc(-c2ccc(-c3ccc(/C=C/CCCC(C)OCCCCC)cc3)nc2)cc1. The van der Waals surface area contributed by atoms with Crippen LogP contribution in [0.5, 0.6) is 0 Å². The predicted molar refractivity (Wildman–Crippen MR) is 147 cm³/mol. The largest absolute Gasteiger partial charge is 0.379 e. The average molecular weight is 454 g/mol. The number of hydrogen-bond donors (Lipinski definition) is 0. The van der Waals surface area contributed by atoms with Crippen LogP contribution in [0.15, 0.2) is 85.6 Å². The van der Waals surface area contributed by atoms with Crippen molar-refractivity contribution in [1.29, 1.82) is 0 Å². The fourth-order valence-corrected chi connectivity index (χ4v) is 3.96. The summed E-state index contributed by atoms with van der Waals surface area (Å²) in [7, 11) is 0. The van der Waals surface area contributed by atoms with Gasteiger partial charge < -0.3 is 4.74 Å². The number of unbranched alkanes of at least 4 members (excludes halogenated alkanes) is 3. The summed E-state index contributed by atoms with van der Waals surface area (Å²) in [6.07, 6.45) is 16.7. The molecule has 2 aromatic carbocycles. The molecule has 0 amide bonds. The van der Waals surface area contributed by atoms with Crippen molar-refractivity contribution in [2.24, 2.45) is 0 Å². The number of ether oxygens (including phenoxy) is 1. The zero-order chi connectivity index (χ0) is 24.0. The molecular formula is C32H39NO. The molecule has 0 N–H and O–H groups in total. The van der Waals surface area contributed by atoms with Crippen LogP contribution in [0.25, 0.3) is 28.5 Å². The molecule has 178 valence electrons. The monoisotopic (exact) mass is 453 g/mol. The standard InChI is InChI=1S/C32H39NO/c1-4-6-10-24-34-26(3)12-8-7-9-13-28-16-20-30(21-17-28)32-23-22-31(25-33-32)29-18-14-27(11-5-2)15-19-29/h5,9,13-23,25-26H,2,4,6-8,10-12,24H2,1,3H3/b13-9+. The Kier molecular flexibility index (Phi) is 10.8. The van der Waals surface area contributed by atoms with E-state index in [-0.39, 0.29) is 0 Å². The lowest BCUT2D eigenvalue weighted by molar-refractivity contribution is 0.0566. The van der Waals surface area contributed by atoms with Gasteiger partial charge >= 0.3 is 0 Å². The van der Waals surface area contributed by atoms with E-state index in [0.717, 1.165) is 49.1 Å². The van der Waals surface area contributed by atoms with E-state index < -0.39 is 0 Å². The maximum Gasteiger partial charge on any atom is 0.0702 e. The highest BCUT2D eigenvalue weighted by Crippen LogP contribution is 2.24. The van der Waals surface area contributed by atoms with Crippen molar-refractivity contribution in [3.63, 3.8) is 0 Å². The van der Waals surface area contributed by atoms with Gasteiger partial charge in [-0.2, -0.15) is 0 Å². The fourth-order valence-electron chi connectivity index (χ4n) is 3.96. The maximum absolute atomic E-state index is 5.88. The lowest BCUT2D eigenvalue weighted by Crippen LogP contribution is -2.08. The lowest BCUT2D eigenvalue weighted by atomic mass is 10.0. The van der Waals surface area contributed by atoms with Crippen LogP contribution < -0.4 is 0 Å². The number of hydrogen-bond acceptors (Lipinski definition) is 2. The number of nitrogens with zero attached hydrogens (tertiary/aromatic N) is 1. The molecule has 0 aliphatic rings. The van der Waals surface area contributed by atoms with Crippen molar-refractivity contribution < 1.29 is 4.74 Å². The zero-order valence-corrected chi connectivity index (χ0v) is 20.9. The van der Waals surface area contributed by atoms with Crippen LogP contribution in [-0.4, -0.2) is 17.7 Å². The zero-order valence-electron chi connectivity index (χ0n) is 20.9. The Hall–Kier alpha value is -2.97. The van der Waals surface area contributed by atoms with Crippen molar-refractivity contribution in [3.05, 3.63) is 96.7 Å². The Morgan fingerprint density at radius 3 is 2.29 bits per heavy atom. The fraction of sp³-hybridized carbons (Fsp3) is 0.344. The minimum absolute atomic E-state index is 0.361. The quantitative estimate of drug-likeness (QED) is 0.179. The highest BCUT2D eigenvalue weighted by molar-refractivity contribution is 5.68. The van der Waals surface area contributed by atoms with Crippen LogP contribution in [0.4, 0.5) is 0 Å². The lowest BCUT2D eigenvalue weighted by Gasteiger charge is -2.12. The first kappa shape index (κ1) is 25.6. The second-order valence-electron chi connectivity index (χ2n) is 8.97. The van der Waals surface area contributed by atoms with Gasteiger partial charge in [-0.25, -0.2) is 0 Å². The molecule has 0 fully saturated rings. The normalized spacial score (nSPS) is 12.2. The summed E-state index contributed by atoms with van der Waals surface area (Å²) in [6, 6.07) is 21.5. The summed E-state index contributed by atoms with van der Waals surface area (Å²) in [5.41, 5.74) is 6.95. The summed E-state index contributed by atoms with van der Waals surface area (Å²) in [6.45, 7) is 9.12. The number of allylic oxidation sites excluding steroid dienone is 2. The van der Waals surface area contributed by atoms with Crippen LogP contribution in [0.1, 0.15) is 63.5 Å². The van der Waals surface area contributed by atoms with Gasteiger partial charge in [-0.1, -0.05) is 92.6 Å². The van der Waals surface area contributed by atoms with E-state index in [0.29, 0.717) is 6.10 Å². The first-order valence-electron chi connectivity index (χ1n) is 12.7. The molecule has 2 heteroatoms. The van der Waals surface area contributed by atoms with Gasteiger partial charge in [0.25, 0.3) is 0 Å². The van der Waals surface area contributed by atoms with Gasteiger partial charge in [-0.05, 0) is 61.8 Å². The van der Waals surface area contributed by atoms with Crippen LogP contribution in [-0.2, 0) is 11.2 Å². The third kappa shape index (κ3) is 8.43. The predicted octanol–water partition coefficient (Wildman–Crippen LogP) is 8.92. The van der Waals surface area contributed by atoms with Crippen molar-refractivity contribution in [3.8, 4) is 22.4 Å². The molecule has 0 aliphatic heterocycles. The molecular weight excluding hydrogens is 414 g/mol. The van der Waals surface area contributed by atoms with E-state index in [4.69, 9.17) is 9.72 Å². The van der Waals surface area contributed by atoms with Crippen LogP contribution >= 0.6 is 0 Å². The maximum atomic E-state index is 5.88. The molecule has 1 atom stereocenters. The van der Waals surface area contributed by atoms with E-state index >= 15 is 0 Å². The molecule has 3 aromatic rings. The second kappa shape index (κ2) is 14.3. The molecule has 1 unspecified atom stereocenters. The van der Waals surface area contributed by atoms with Crippen molar-refractivity contribution >= 4 is 6.08 Å². The number of aromatic nitrogens is 1. The molecule has 0 saturated heterocycles. The Bertz CT molecular complexity index is 1000. The molecule has 1 aromatic heterocycles. The van der Waals surface area contributed by atoms with Crippen LogP contribution in [0, 0.1) is 0 Å². The highest BCUT2D eigenvalue weighted by Gasteiger charge is 2.03. The van der Waals surface area contributed by atoms with Gasteiger partial charge in [0.15, 0.2) is 0 Å². The summed E-state index contributed by atoms with van der Waals surface area (Å²) >= 11 is 0. The number of pyridine rings is 1. The van der Waals surface area contributed by atoms with Gasteiger partial charge in [0.05, 0.1) is 11.8 Å². The summed E-state index contributed by atoms with van der Waals surface area (Å²) in [5.74, 6) is 0. The van der Waals surface area contributed by atoms with Crippen LogP contribution in [0.3, 0.4) is 0 Å². The van der Waals surface area contributed by atoms with Crippen molar-refractivity contribution in [2.75, 3.05) is 6.61 Å². The molecule has 0 saturated carbocycles. The molecule has 0 radical (unpaired) electrons. The molecule has 34 heavy (non-hydrogen) atoms. The highest BCUT2D eigenvalue weighted by atomic mass is 16.5. The minimum atomic E-state index is 0.361. The van der Waals surface area contributed by atoms with Gasteiger partial charge in [0.1, 0.15) is 0 Å². The Balaban J connectivity index is 1.46. The molecule has 0 spiro atoms. The third-order valence-electron chi connectivity index (χ3n) is 6.08. The van der Waals surface area contributed by atoms with Gasteiger partial charge in [-0.3, -0.25) is 4.98 Å². The van der Waals surface area contributed by atoms with E-state index in [1.54, 1.807) is 0 Å². The Morgan fingerprint density at radius 2 is 1.62 bits per heavy atom. The Labute approximate surface area is 206 Å². The molecule has 2 nitrogen and oxygen atoms in total. The summed E-state index contributed by atoms with van der Waals surface area (Å²) < 4.78 is 5.88. The van der Waals surface area contributed by atoms with E-state index in [2.05, 4.69) is 93.2 Å². The second-order valence-corrected chi connectivity index (χ2v) is 8.97. The average Bonchev–Trinajstić information content (AvgIpc) is 2.88. The summed E-state index contributed by atoms with van der Waals surface area (Å²) in [4.78, 5) is 4.70. The molecule has 0 bridgehead atoms. The molecule has 0 aliphatic carbocycles. The third-order valence-corrected chi connectivity index (χ3v) is 6.08. The minimum Gasteiger partial charge on any atom is -0.379 e. The first-order valence-corrected chi connectivity index (χ1v) is 12.7.